The predicted octanol–water partition coefficient (Wildman–Crippen LogP) is 12.7. The summed E-state index contributed by atoms with van der Waals surface area (Å²) in [6.45, 7) is 0. The maximum absolute atomic E-state index is 6.86. The van der Waals surface area contributed by atoms with E-state index in [4.69, 9.17) is 18.8 Å². The first kappa shape index (κ1) is 31.6. The number of nitrogens with one attached hydrogen (secondary N) is 1. The maximum Gasteiger partial charge on any atom is 0.159 e. The third-order valence-corrected chi connectivity index (χ3v) is 11.3. The van der Waals surface area contributed by atoms with Gasteiger partial charge in [0.15, 0.2) is 11.4 Å². The molecule has 0 aliphatic carbocycles. The van der Waals surface area contributed by atoms with E-state index in [-0.39, 0.29) is 6.17 Å². The van der Waals surface area contributed by atoms with Crippen LogP contribution in [0.25, 0.3) is 82.5 Å². The average molecular weight is 733 g/mol. The smallest absolute Gasteiger partial charge is 0.159 e. The van der Waals surface area contributed by atoms with Crippen LogP contribution in [0.5, 0.6) is 0 Å². The van der Waals surface area contributed by atoms with Crippen LogP contribution in [0.4, 0.5) is 0 Å². The quantitative estimate of drug-likeness (QED) is 0.192. The molecule has 4 heterocycles. The molecule has 1 unspecified atom stereocenters. The minimum atomic E-state index is -0.356. The largest absolute Gasteiger partial charge is 0.456 e. The molecule has 0 saturated carbocycles. The van der Waals surface area contributed by atoms with Gasteiger partial charge in [0.25, 0.3) is 0 Å². The standard InChI is InChI=1S/C51H32N4O2/c1-3-13-31(14-4-1)49-52-50(32-15-5-2-6-16-32)54-51(53-49)34-26-28-44-40(29-34)47-35(19-12-24-45(47)56-44)33-25-27-38-39-20-11-23-43(48(39)57-46(38)30-33)55-41-21-9-7-17-36(41)37-18-8-10-22-42(37)55/h1-30,51H,(H,52,53,54). The third-order valence-electron chi connectivity index (χ3n) is 11.3. The lowest BCUT2D eigenvalue weighted by Crippen LogP contribution is -2.33. The van der Waals surface area contributed by atoms with Gasteiger partial charge >= 0.3 is 0 Å². The summed E-state index contributed by atoms with van der Waals surface area (Å²) in [4.78, 5) is 10.1. The molecule has 1 N–H and O–H groups in total. The Morgan fingerprint density at radius 1 is 0.474 bits per heavy atom. The van der Waals surface area contributed by atoms with Crippen molar-refractivity contribution < 1.29 is 8.83 Å². The molecule has 1 atom stereocenters. The number of hydrogen-bond donors (Lipinski definition) is 1. The van der Waals surface area contributed by atoms with Crippen LogP contribution in [0.3, 0.4) is 0 Å². The van der Waals surface area contributed by atoms with Crippen LogP contribution in [0.1, 0.15) is 22.9 Å². The van der Waals surface area contributed by atoms with Crippen molar-refractivity contribution >= 4 is 77.4 Å². The molecule has 6 heteroatoms. The van der Waals surface area contributed by atoms with Crippen LogP contribution in [0, 0.1) is 0 Å². The van der Waals surface area contributed by atoms with Crippen molar-refractivity contribution in [3.8, 4) is 16.8 Å². The molecule has 1 aliphatic rings. The lowest BCUT2D eigenvalue weighted by Gasteiger charge is -2.23. The van der Waals surface area contributed by atoms with E-state index in [0.717, 1.165) is 94.3 Å². The molecule has 57 heavy (non-hydrogen) atoms. The Morgan fingerprint density at radius 3 is 1.96 bits per heavy atom. The monoisotopic (exact) mass is 732 g/mol. The summed E-state index contributed by atoms with van der Waals surface area (Å²) < 4.78 is 15.7. The molecule has 11 aromatic rings. The molecule has 0 spiro atoms. The van der Waals surface area contributed by atoms with Crippen molar-refractivity contribution in [1.82, 2.24) is 9.88 Å². The molecule has 3 aromatic heterocycles. The molecule has 0 fully saturated rings. The van der Waals surface area contributed by atoms with E-state index in [0.29, 0.717) is 5.84 Å². The van der Waals surface area contributed by atoms with Crippen molar-refractivity contribution in [3.05, 3.63) is 199 Å². The summed E-state index contributed by atoms with van der Waals surface area (Å²) in [6, 6.07) is 63.2. The fourth-order valence-electron chi connectivity index (χ4n) is 8.64. The van der Waals surface area contributed by atoms with Crippen molar-refractivity contribution in [2.75, 3.05) is 0 Å². The second-order valence-corrected chi connectivity index (χ2v) is 14.6. The highest BCUT2D eigenvalue weighted by atomic mass is 16.3. The Hall–Kier alpha value is -7.70. The molecule has 0 bridgehead atoms. The molecule has 8 aromatic carbocycles. The Bertz CT molecular complexity index is 3390. The van der Waals surface area contributed by atoms with E-state index in [9.17, 15) is 0 Å². The number of para-hydroxylation sites is 3. The minimum absolute atomic E-state index is 0.356. The van der Waals surface area contributed by atoms with E-state index in [2.05, 4.69) is 149 Å². The first-order chi connectivity index (χ1) is 28.2. The van der Waals surface area contributed by atoms with Gasteiger partial charge in [-0.3, -0.25) is 0 Å². The van der Waals surface area contributed by atoms with Crippen molar-refractivity contribution in [2.24, 2.45) is 9.98 Å². The van der Waals surface area contributed by atoms with Gasteiger partial charge in [-0.1, -0.05) is 133 Å². The topological polar surface area (TPSA) is 68.0 Å². The summed E-state index contributed by atoms with van der Waals surface area (Å²) in [6.07, 6.45) is -0.356. The number of amidine groups is 2. The van der Waals surface area contributed by atoms with E-state index in [1.54, 1.807) is 0 Å². The van der Waals surface area contributed by atoms with E-state index in [1.807, 2.05) is 42.5 Å². The number of rotatable bonds is 5. The highest BCUT2D eigenvalue weighted by molar-refractivity contribution is 6.16. The van der Waals surface area contributed by atoms with Crippen LogP contribution in [-0.4, -0.2) is 16.2 Å². The fourth-order valence-corrected chi connectivity index (χ4v) is 8.64. The van der Waals surface area contributed by atoms with Crippen molar-refractivity contribution in [3.63, 3.8) is 0 Å². The SMILES string of the molecule is c1ccc(C2=NC(c3ccc4oc5cccc(-c6ccc7c(c6)oc6c(-n8c9ccccc9c9ccccc98)cccc67)c5c4c3)NC(c3ccccc3)=N2)cc1. The van der Waals surface area contributed by atoms with E-state index < -0.39 is 0 Å². The zero-order valence-electron chi connectivity index (χ0n) is 30.6. The zero-order chi connectivity index (χ0) is 37.5. The summed E-state index contributed by atoms with van der Waals surface area (Å²) in [5.74, 6) is 1.48. The van der Waals surface area contributed by atoms with Crippen molar-refractivity contribution in [2.45, 2.75) is 6.17 Å². The number of nitrogens with zero attached hydrogens (tertiary/aromatic N) is 3. The number of hydrogen-bond acceptors (Lipinski definition) is 5. The fraction of sp³-hybridized carbons (Fsp3) is 0.0196. The van der Waals surface area contributed by atoms with Gasteiger partial charge in [-0.15, -0.1) is 0 Å². The van der Waals surface area contributed by atoms with Crippen LogP contribution in [0.15, 0.2) is 201 Å². The number of aromatic nitrogens is 1. The number of fused-ring (bicyclic) bond motifs is 9. The van der Waals surface area contributed by atoms with Gasteiger partial charge in [-0.05, 0) is 65.2 Å². The summed E-state index contributed by atoms with van der Waals surface area (Å²) in [5.41, 5.74) is 11.8. The van der Waals surface area contributed by atoms with Crippen molar-refractivity contribution in [1.29, 1.82) is 0 Å². The summed E-state index contributed by atoms with van der Waals surface area (Å²) in [5, 5.41) is 10.3. The van der Waals surface area contributed by atoms with E-state index in [1.165, 1.54) is 10.8 Å². The number of aliphatic imine (C=N–C) groups is 2. The highest BCUT2D eigenvalue weighted by Crippen LogP contribution is 2.42. The first-order valence-corrected chi connectivity index (χ1v) is 19.2. The first-order valence-electron chi connectivity index (χ1n) is 19.2. The van der Waals surface area contributed by atoms with Crippen LogP contribution < -0.4 is 5.32 Å². The summed E-state index contributed by atoms with van der Waals surface area (Å²) in [7, 11) is 0. The third kappa shape index (κ3) is 4.97. The van der Waals surface area contributed by atoms with Gasteiger partial charge in [-0.2, -0.15) is 0 Å². The van der Waals surface area contributed by atoms with Crippen LogP contribution in [0.2, 0.25) is 0 Å². The number of furan rings is 2. The molecule has 0 radical (unpaired) electrons. The van der Waals surface area contributed by atoms with Gasteiger partial charge in [0.2, 0.25) is 0 Å². The Kier molecular flexibility index (Phi) is 6.89. The maximum atomic E-state index is 6.86. The Balaban J connectivity index is 0.993. The number of benzene rings is 8. The molecule has 0 amide bonds. The molecule has 1 aliphatic heterocycles. The molecule has 6 nitrogen and oxygen atoms in total. The van der Waals surface area contributed by atoms with E-state index >= 15 is 0 Å². The van der Waals surface area contributed by atoms with Gasteiger partial charge in [0.05, 0.1) is 16.7 Å². The molecular weight excluding hydrogens is 701 g/mol. The average Bonchev–Trinajstić information content (AvgIpc) is 3.96. The second-order valence-electron chi connectivity index (χ2n) is 14.6. The zero-order valence-corrected chi connectivity index (χ0v) is 30.6. The lowest BCUT2D eigenvalue weighted by atomic mass is 9.97. The van der Waals surface area contributed by atoms with Gasteiger partial charge in [0.1, 0.15) is 28.8 Å². The molecule has 12 rings (SSSR count). The predicted molar refractivity (Wildman–Crippen MR) is 233 cm³/mol. The molecule has 268 valence electrons. The second kappa shape index (κ2) is 12.4. The Labute approximate surface area is 326 Å². The summed E-state index contributed by atoms with van der Waals surface area (Å²) >= 11 is 0. The molecular formula is C51H32N4O2. The Morgan fingerprint density at radius 2 is 1.18 bits per heavy atom. The minimum Gasteiger partial charge on any atom is -0.456 e. The normalized spacial score (nSPS) is 14.5. The highest BCUT2D eigenvalue weighted by Gasteiger charge is 2.23. The van der Waals surface area contributed by atoms with Gasteiger partial charge < -0.3 is 18.7 Å². The lowest BCUT2D eigenvalue weighted by molar-refractivity contribution is 0.663. The van der Waals surface area contributed by atoms with Gasteiger partial charge in [0, 0.05) is 43.4 Å². The molecule has 0 saturated heterocycles. The van der Waals surface area contributed by atoms with Crippen LogP contribution in [-0.2, 0) is 0 Å². The van der Waals surface area contributed by atoms with Crippen LogP contribution >= 0.6 is 0 Å². The van der Waals surface area contributed by atoms with Gasteiger partial charge in [-0.25, -0.2) is 9.98 Å².